The number of carbonyl (C=O) groups is 1. The summed E-state index contributed by atoms with van der Waals surface area (Å²) >= 11 is 0. The van der Waals surface area contributed by atoms with Crippen molar-refractivity contribution in [2.45, 2.75) is 13.0 Å². The van der Waals surface area contributed by atoms with Crippen LogP contribution >= 0.6 is 0 Å². The van der Waals surface area contributed by atoms with Crippen LogP contribution in [0.4, 0.5) is 0 Å². The third-order valence-corrected chi connectivity index (χ3v) is 0.543. The van der Waals surface area contributed by atoms with Crippen LogP contribution in [0.5, 0.6) is 0 Å². The number of esters is 1. The molecule has 0 N–H and O–H groups in total. The predicted molar refractivity (Wildman–Crippen MR) is 29.7 cm³/mol. The second kappa shape index (κ2) is 3.09. The van der Waals surface area contributed by atoms with E-state index in [1.807, 2.05) is 0 Å². The van der Waals surface area contributed by atoms with Crippen LogP contribution in [0.15, 0.2) is 0 Å². The molecule has 0 aromatic carbocycles. The first-order chi connectivity index (χ1) is 3.66. The van der Waals surface area contributed by atoms with E-state index in [1.54, 1.807) is 6.92 Å². The van der Waals surface area contributed by atoms with E-state index >= 15 is 0 Å². The fraction of sp³-hybridized carbons (Fsp3) is 0.333. The monoisotopic (exact) mass is 111 g/mol. The quantitative estimate of drug-likeness (QED) is 0.361. The van der Waals surface area contributed by atoms with Crippen molar-refractivity contribution >= 4 is 5.97 Å². The summed E-state index contributed by atoms with van der Waals surface area (Å²) in [4.78, 5) is 9.98. The van der Waals surface area contributed by atoms with Crippen LogP contribution in [-0.2, 0) is 9.53 Å². The molecule has 0 rings (SSSR count). The van der Waals surface area contributed by atoms with Gasteiger partial charge in [-0.3, -0.25) is 4.79 Å². The van der Waals surface area contributed by atoms with E-state index in [0.717, 1.165) is 0 Å². The van der Waals surface area contributed by atoms with E-state index in [-0.39, 0.29) is 0 Å². The highest BCUT2D eigenvalue weighted by Gasteiger charge is 1.97. The van der Waals surface area contributed by atoms with Crippen molar-refractivity contribution in [2.75, 3.05) is 0 Å². The van der Waals surface area contributed by atoms with Crippen LogP contribution in [0.2, 0.25) is 0 Å². The first kappa shape index (κ1) is 7.03. The summed E-state index contributed by atoms with van der Waals surface area (Å²) in [5, 5.41) is 0. The summed E-state index contributed by atoms with van der Waals surface area (Å²) in [5.41, 5.74) is 0. The number of ether oxygens (including phenoxy) is 1. The molecular weight excluding hydrogens is 104 g/mol. The molecule has 0 saturated heterocycles. The van der Waals surface area contributed by atoms with Crippen LogP contribution in [0.3, 0.4) is 0 Å². The van der Waals surface area contributed by atoms with Gasteiger partial charge in [-0.15, -0.1) is 6.42 Å². The molecular formula is C6H7O2. The zero-order chi connectivity index (χ0) is 6.57. The molecule has 1 atom stereocenters. The molecule has 0 heterocycles. The van der Waals surface area contributed by atoms with Gasteiger partial charge in [-0.05, 0) is 6.92 Å². The fourth-order valence-electron chi connectivity index (χ4n) is 0.231. The Hall–Kier alpha value is -0.970. The van der Waals surface area contributed by atoms with Gasteiger partial charge in [0.05, 0.1) is 6.92 Å². The standard InChI is InChI=1S/C6H7O2/c1-4-5(2)8-6(3)7/h1,5H,3H2,2H3. The molecule has 0 bridgehead atoms. The third-order valence-electron chi connectivity index (χ3n) is 0.543. The maximum atomic E-state index is 9.98. The maximum Gasteiger partial charge on any atom is 0.307 e. The van der Waals surface area contributed by atoms with Crippen molar-refractivity contribution in [3.63, 3.8) is 0 Å². The van der Waals surface area contributed by atoms with Gasteiger partial charge in [0.1, 0.15) is 0 Å². The highest BCUT2D eigenvalue weighted by molar-refractivity contribution is 5.74. The molecule has 0 aliphatic rings. The summed E-state index contributed by atoms with van der Waals surface area (Å²) in [6, 6.07) is 0. The van der Waals surface area contributed by atoms with Crippen LogP contribution in [0.1, 0.15) is 6.92 Å². The summed E-state index contributed by atoms with van der Waals surface area (Å²) < 4.78 is 4.41. The largest absolute Gasteiger partial charge is 0.449 e. The average molecular weight is 111 g/mol. The summed E-state index contributed by atoms with van der Waals surface area (Å²) in [7, 11) is 0. The molecule has 0 saturated carbocycles. The Balaban J connectivity index is 3.43. The van der Waals surface area contributed by atoms with E-state index in [4.69, 9.17) is 6.42 Å². The van der Waals surface area contributed by atoms with Crippen LogP contribution in [-0.4, -0.2) is 12.1 Å². The van der Waals surface area contributed by atoms with Crippen molar-refractivity contribution in [1.29, 1.82) is 0 Å². The lowest BCUT2D eigenvalue weighted by Gasteiger charge is -2.01. The van der Waals surface area contributed by atoms with Gasteiger partial charge in [0.25, 0.3) is 0 Å². The van der Waals surface area contributed by atoms with Crippen molar-refractivity contribution < 1.29 is 9.53 Å². The van der Waals surface area contributed by atoms with Gasteiger partial charge in [0.15, 0.2) is 6.10 Å². The molecule has 1 radical (unpaired) electrons. The summed E-state index contributed by atoms with van der Waals surface area (Å²) in [6.45, 7) is 4.57. The summed E-state index contributed by atoms with van der Waals surface area (Å²) in [5.74, 6) is 1.63. The summed E-state index contributed by atoms with van der Waals surface area (Å²) in [6.07, 6.45) is 4.41. The normalized spacial score (nSPS) is 11.6. The SMILES string of the molecule is C#CC(C)OC([CH2])=O. The van der Waals surface area contributed by atoms with Crippen molar-refractivity contribution in [3.05, 3.63) is 6.92 Å². The topological polar surface area (TPSA) is 26.3 Å². The van der Waals surface area contributed by atoms with E-state index in [0.29, 0.717) is 0 Å². The van der Waals surface area contributed by atoms with Crippen LogP contribution < -0.4 is 0 Å². The van der Waals surface area contributed by atoms with Gasteiger partial charge in [-0.1, -0.05) is 5.92 Å². The molecule has 1 unspecified atom stereocenters. The van der Waals surface area contributed by atoms with Crippen molar-refractivity contribution in [3.8, 4) is 12.3 Å². The van der Waals surface area contributed by atoms with Gasteiger partial charge in [0, 0.05) is 0 Å². The minimum atomic E-state index is -0.588. The second-order valence-electron chi connectivity index (χ2n) is 1.30. The zero-order valence-electron chi connectivity index (χ0n) is 4.68. The first-order valence-corrected chi connectivity index (χ1v) is 2.15. The van der Waals surface area contributed by atoms with Crippen molar-refractivity contribution in [1.82, 2.24) is 0 Å². The minimum Gasteiger partial charge on any atom is -0.449 e. The molecule has 0 aliphatic heterocycles. The molecule has 0 aliphatic carbocycles. The Morgan fingerprint density at radius 3 is 2.62 bits per heavy atom. The van der Waals surface area contributed by atoms with E-state index in [2.05, 4.69) is 17.6 Å². The van der Waals surface area contributed by atoms with Crippen LogP contribution in [0, 0.1) is 19.3 Å². The molecule has 8 heavy (non-hydrogen) atoms. The Labute approximate surface area is 48.8 Å². The first-order valence-electron chi connectivity index (χ1n) is 2.15. The number of terminal acetylenes is 1. The van der Waals surface area contributed by atoms with E-state index < -0.39 is 12.1 Å². The molecule has 0 aromatic rings. The van der Waals surface area contributed by atoms with Gasteiger partial charge < -0.3 is 4.74 Å². The number of hydrogen-bond acceptors (Lipinski definition) is 2. The highest BCUT2D eigenvalue weighted by atomic mass is 16.5. The maximum absolute atomic E-state index is 9.98. The number of hydrogen-bond donors (Lipinski definition) is 0. The van der Waals surface area contributed by atoms with Crippen molar-refractivity contribution in [2.24, 2.45) is 0 Å². The second-order valence-corrected chi connectivity index (χ2v) is 1.30. The minimum absolute atomic E-state index is 0.458. The van der Waals surface area contributed by atoms with E-state index in [9.17, 15) is 4.79 Å². The molecule has 0 fully saturated rings. The molecule has 2 heteroatoms. The predicted octanol–water partition coefficient (Wildman–Crippen LogP) is 0.385. The molecule has 2 nitrogen and oxygen atoms in total. The average Bonchev–Trinajstić information content (AvgIpc) is 1.65. The Morgan fingerprint density at radius 2 is 2.50 bits per heavy atom. The van der Waals surface area contributed by atoms with Gasteiger partial charge in [-0.2, -0.15) is 0 Å². The highest BCUT2D eigenvalue weighted by Crippen LogP contribution is 1.85. The molecule has 0 amide bonds. The fourth-order valence-corrected chi connectivity index (χ4v) is 0.231. The zero-order valence-corrected chi connectivity index (χ0v) is 4.68. The van der Waals surface area contributed by atoms with Gasteiger partial charge >= 0.3 is 5.97 Å². The Kier molecular flexibility index (Phi) is 2.71. The smallest absolute Gasteiger partial charge is 0.307 e. The van der Waals surface area contributed by atoms with E-state index in [1.165, 1.54) is 0 Å². The Bertz CT molecular complexity index is 121. The number of carbonyl (C=O) groups excluding carboxylic acids is 1. The molecule has 43 valence electrons. The Morgan fingerprint density at radius 1 is 2.00 bits per heavy atom. The lowest BCUT2D eigenvalue weighted by molar-refractivity contribution is -0.140. The molecule has 0 spiro atoms. The van der Waals surface area contributed by atoms with Crippen LogP contribution in [0.25, 0.3) is 0 Å². The molecule has 0 aromatic heterocycles. The third kappa shape index (κ3) is 3.23. The lowest BCUT2D eigenvalue weighted by atomic mass is 10.4. The van der Waals surface area contributed by atoms with Gasteiger partial charge in [-0.25, -0.2) is 0 Å². The lowest BCUT2D eigenvalue weighted by Crippen LogP contribution is -2.08. The number of rotatable bonds is 1. The van der Waals surface area contributed by atoms with Gasteiger partial charge in [0.2, 0.25) is 0 Å².